The second-order valence-corrected chi connectivity index (χ2v) is 4.08. The zero-order chi connectivity index (χ0) is 7.73. The van der Waals surface area contributed by atoms with Crippen molar-refractivity contribution < 1.29 is 4.74 Å². The number of nitrogens with one attached hydrogen (secondary N) is 1. The minimum Gasteiger partial charge on any atom is -0.377 e. The lowest BCUT2D eigenvalue weighted by Crippen LogP contribution is -2.34. The predicted molar refractivity (Wildman–Crippen MR) is 44.6 cm³/mol. The Morgan fingerprint density at radius 2 is 2.36 bits per heavy atom. The Morgan fingerprint density at radius 1 is 1.55 bits per heavy atom. The van der Waals surface area contributed by atoms with Crippen molar-refractivity contribution in [3.05, 3.63) is 0 Å². The first-order valence-electron chi connectivity index (χ1n) is 4.65. The fourth-order valence-electron chi connectivity index (χ4n) is 1.53. The van der Waals surface area contributed by atoms with Crippen LogP contribution in [0.3, 0.4) is 0 Å². The molecule has 2 heteroatoms. The quantitative estimate of drug-likeness (QED) is 0.663. The van der Waals surface area contributed by atoms with Crippen molar-refractivity contribution in [3.8, 4) is 0 Å². The molecule has 1 N–H and O–H groups in total. The maximum absolute atomic E-state index is 5.51. The smallest absolute Gasteiger partial charge is 0.0700 e. The summed E-state index contributed by atoms with van der Waals surface area (Å²) in [4.78, 5) is 0. The van der Waals surface area contributed by atoms with E-state index < -0.39 is 0 Å². The van der Waals surface area contributed by atoms with Gasteiger partial charge < -0.3 is 10.1 Å². The molecule has 2 nitrogen and oxygen atoms in total. The van der Waals surface area contributed by atoms with Gasteiger partial charge in [-0.25, -0.2) is 0 Å². The summed E-state index contributed by atoms with van der Waals surface area (Å²) in [6.45, 7) is 4.33. The van der Waals surface area contributed by atoms with Crippen molar-refractivity contribution in [1.29, 1.82) is 0 Å². The molecule has 64 valence electrons. The van der Waals surface area contributed by atoms with E-state index in [2.05, 4.69) is 12.2 Å². The van der Waals surface area contributed by atoms with E-state index in [9.17, 15) is 0 Å². The Bertz CT molecular complexity index is 136. The van der Waals surface area contributed by atoms with Gasteiger partial charge in [0.15, 0.2) is 0 Å². The Hall–Kier alpha value is -0.0800. The van der Waals surface area contributed by atoms with Crippen LogP contribution in [0.5, 0.6) is 0 Å². The fourth-order valence-corrected chi connectivity index (χ4v) is 1.53. The van der Waals surface area contributed by atoms with Gasteiger partial charge in [0.2, 0.25) is 0 Å². The molecule has 1 heterocycles. The monoisotopic (exact) mass is 155 g/mol. The molecule has 0 amide bonds. The Kier molecular flexibility index (Phi) is 1.90. The molecule has 0 aromatic carbocycles. The molecule has 2 aliphatic rings. The van der Waals surface area contributed by atoms with Crippen LogP contribution in [-0.4, -0.2) is 24.8 Å². The van der Waals surface area contributed by atoms with Crippen LogP contribution >= 0.6 is 0 Å². The van der Waals surface area contributed by atoms with Gasteiger partial charge in [-0.3, -0.25) is 0 Å². The van der Waals surface area contributed by atoms with E-state index in [-0.39, 0.29) is 0 Å². The zero-order valence-electron chi connectivity index (χ0n) is 7.23. The molecule has 0 aromatic heterocycles. The van der Waals surface area contributed by atoms with Crippen molar-refractivity contribution in [3.63, 3.8) is 0 Å². The van der Waals surface area contributed by atoms with Crippen LogP contribution in [0.2, 0.25) is 0 Å². The third-order valence-electron chi connectivity index (χ3n) is 2.78. The highest BCUT2D eigenvalue weighted by molar-refractivity contribution is 4.97. The summed E-state index contributed by atoms with van der Waals surface area (Å²) in [5.74, 6) is 0. The van der Waals surface area contributed by atoms with Crippen molar-refractivity contribution in [2.24, 2.45) is 0 Å². The number of rotatable bonds is 3. The van der Waals surface area contributed by atoms with E-state index >= 15 is 0 Å². The van der Waals surface area contributed by atoms with Crippen LogP contribution < -0.4 is 5.32 Å². The van der Waals surface area contributed by atoms with Crippen molar-refractivity contribution in [1.82, 2.24) is 5.32 Å². The average Bonchev–Trinajstić information content (AvgIpc) is 2.53. The van der Waals surface area contributed by atoms with Crippen LogP contribution in [0.4, 0.5) is 0 Å². The van der Waals surface area contributed by atoms with E-state index in [1.165, 1.54) is 25.7 Å². The zero-order valence-corrected chi connectivity index (χ0v) is 7.23. The van der Waals surface area contributed by atoms with Gasteiger partial charge in [-0.2, -0.15) is 0 Å². The van der Waals surface area contributed by atoms with Gasteiger partial charge in [-0.15, -0.1) is 0 Å². The van der Waals surface area contributed by atoms with Crippen LogP contribution in [0, 0.1) is 0 Å². The topological polar surface area (TPSA) is 21.3 Å². The summed E-state index contributed by atoms with van der Waals surface area (Å²) in [5, 5.41) is 3.55. The lowest BCUT2D eigenvalue weighted by Gasteiger charge is -2.15. The lowest BCUT2D eigenvalue weighted by atomic mass is 10.2. The summed E-state index contributed by atoms with van der Waals surface area (Å²) < 4.78 is 5.51. The highest BCUT2D eigenvalue weighted by atomic mass is 16.5. The average molecular weight is 155 g/mol. The molecular weight excluding hydrogens is 138 g/mol. The highest BCUT2D eigenvalue weighted by Crippen LogP contribution is 2.34. The lowest BCUT2D eigenvalue weighted by molar-refractivity contribution is 0.107. The van der Waals surface area contributed by atoms with Gasteiger partial charge in [0.25, 0.3) is 0 Å². The van der Waals surface area contributed by atoms with E-state index in [0.29, 0.717) is 11.6 Å². The molecule has 2 rings (SSSR count). The van der Waals surface area contributed by atoms with E-state index in [1.54, 1.807) is 0 Å². The maximum atomic E-state index is 5.51. The Balaban J connectivity index is 1.65. The molecular formula is C9H17NO. The highest BCUT2D eigenvalue weighted by Gasteiger charge is 2.37. The van der Waals surface area contributed by atoms with Crippen LogP contribution in [0.1, 0.15) is 32.6 Å². The van der Waals surface area contributed by atoms with Gasteiger partial charge >= 0.3 is 0 Å². The second-order valence-electron chi connectivity index (χ2n) is 4.08. The van der Waals surface area contributed by atoms with Gasteiger partial charge in [-0.05, 0) is 32.6 Å². The minimum absolute atomic E-state index is 0.478. The van der Waals surface area contributed by atoms with Gasteiger partial charge in [-0.1, -0.05) is 0 Å². The number of hydrogen-bond donors (Lipinski definition) is 1. The maximum Gasteiger partial charge on any atom is 0.0700 e. The van der Waals surface area contributed by atoms with Crippen molar-refractivity contribution in [2.45, 2.75) is 44.2 Å². The first-order valence-corrected chi connectivity index (χ1v) is 4.65. The SMILES string of the molecule is CC1(NCC2CCCO2)CC1. The first-order chi connectivity index (χ1) is 5.29. The normalized spacial score (nSPS) is 34.1. The molecule has 1 atom stereocenters. The Labute approximate surface area is 68.3 Å². The molecule has 1 aliphatic carbocycles. The summed E-state index contributed by atoms with van der Waals surface area (Å²) >= 11 is 0. The molecule has 2 fully saturated rings. The third kappa shape index (κ3) is 1.94. The molecule has 11 heavy (non-hydrogen) atoms. The molecule has 0 radical (unpaired) electrons. The summed E-state index contributed by atoms with van der Waals surface area (Å²) in [6, 6.07) is 0. The van der Waals surface area contributed by atoms with Crippen LogP contribution in [0.15, 0.2) is 0 Å². The largest absolute Gasteiger partial charge is 0.377 e. The van der Waals surface area contributed by atoms with Crippen molar-refractivity contribution in [2.75, 3.05) is 13.2 Å². The summed E-state index contributed by atoms with van der Waals surface area (Å²) in [6.07, 6.45) is 5.71. The van der Waals surface area contributed by atoms with Crippen LogP contribution in [-0.2, 0) is 4.74 Å². The van der Waals surface area contributed by atoms with E-state index in [0.717, 1.165) is 13.2 Å². The summed E-state index contributed by atoms with van der Waals surface area (Å²) in [7, 11) is 0. The standard InChI is InChI=1S/C9H17NO/c1-9(4-5-9)10-7-8-3-2-6-11-8/h8,10H,2-7H2,1H3. The minimum atomic E-state index is 0.478. The summed E-state index contributed by atoms with van der Waals surface area (Å²) in [5.41, 5.74) is 0.478. The van der Waals surface area contributed by atoms with Crippen LogP contribution in [0.25, 0.3) is 0 Å². The predicted octanol–water partition coefficient (Wildman–Crippen LogP) is 1.31. The molecule has 0 spiro atoms. The molecule has 0 bridgehead atoms. The molecule has 1 saturated carbocycles. The van der Waals surface area contributed by atoms with Gasteiger partial charge in [0.05, 0.1) is 6.10 Å². The van der Waals surface area contributed by atoms with E-state index in [1.807, 2.05) is 0 Å². The number of hydrogen-bond acceptors (Lipinski definition) is 2. The molecule has 1 aliphatic heterocycles. The van der Waals surface area contributed by atoms with Gasteiger partial charge in [0.1, 0.15) is 0 Å². The molecule has 0 aromatic rings. The fraction of sp³-hybridized carbons (Fsp3) is 1.00. The third-order valence-corrected chi connectivity index (χ3v) is 2.78. The molecule has 1 unspecified atom stereocenters. The Morgan fingerprint density at radius 3 is 2.91 bits per heavy atom. The van der Waals surface area contributed by atoms with Gasteiger partial charge in [0, 0.05) is 18.7 Å². The second kappa shape index (κ2) is 2.76. The van der Waals surface area contributed by atoms with Crippen molar-refractivity contribution >= 4 is 0 Å². The number of ether oxygens (including phenoxy) is 1. The first kappa shape index (κ1) is 7.56. The molecule has 1 saturated heterocycles. The van der Waals surface area contributed by atoms with E-state index in [4.69, 9.17) is 4.74 Å².